The molecule has 0 saturated carbocycles. The largest absolute Gasteiger partial charge is 0.508 e. The molecule has 0 aliphatic rings. The van der Waals surface area contributed by atoms with Gasteiger partial charge in [-0.2, -0.15) is 10.0 Å². The number of benzene rings is 3. The van der Waals surface area contributed by atoms with E-state index in [1.54, 1.807) is 12.1 Å². The molecule has 0 aromatic heterocycles. The van der Waals surface area contributed by atoms with Gasteiger partial charge in [0.1, 0.15) is 5.75 Å². The van der Waals surface area contributed by atoms with E-state index in [1.807, 2.05) is 12.1 Å². The number of hydrogen-bond donors (Lipinski definition) is 1. The summed E-state index contributed by atoms with van der Waals surface area (Å²) < 4.78 is 0. The zero-order valence-electron chi connectivity index (χ0n) is 11.7. The van der Waals surface area contributed by atoms with Crippen molar-refractivity contribution in [3.05, 3.63) is 66.7 Å². The van der Waals surface area contributed by atoms with Crippen molar-refractivity contribution in [1.82, 2.24) is 0 Å². The molecule has 0 saturated heterocycles. The molecule has 0 radical (unpaired) electrons. The van der Waals surface area contributed by atoms with Crippen molar-refractivity contribution in [2.45, 2.75) is 9.79 Å². The van der Waals surface area contributed by atoms with Gasteiger partial charge < -0.3 is 5.11 Å². The standard InChI is InChI=1S/C18H18OS/c1-20(2,16-12-10-15(19)11-13-16)18-9-5-7-14-6-3-4-8-17(14)18/h3-13,19H,1-2H3. The monoisotopic (exact) mass is 282 g/mol. The van der Waals surface area contributed by atoms with E-state index in [-0.39, 0.29) is 0 Å². The van der Waals surface area contributed by atoms with Crippen LogP contribution in [0.4, 0.5) is 0 Å². The van der Waals surface area contributed by atoms with Crippen LogP contribution < -0.4 is 0 Å². The van der Waals surface area contributed by atoms with Gasteiger partial charge in [0.25, 0.3) is 0 Å². The molecule has 0 aliphatic carbocycles. The lowest BCUT2D eigenvalue weighted by Crippen LogP contribution is -1.98. The highest BCUT2D eigenvalue weighted by Crippen LogP contribution is 2.58. The van der Waals surface area contributed by atoms with E-state index in [0.717, 1.165) is 0 Å². The fraction of sp³-hybridized carbons (Fsp3) is 0.111. The molecule has 0 spiro atoms. The first-order valence-corrected chi connectivity index (χ1v) is 9.04. The minimum atomic E-state index is -1.09. The first-order valence-electron chi connectivity index (χ1n) is 6.59. The Balaban J connectivity index is 2.20. The molecule has 0 atom stereocenters. The van der Waals surface area contributed by atoms with E-state index < -0.39 is 10.0 Å². The molecule has 102 valence electrons. The maximum atomic E-state index is 9.47. The number of phenolic OH excluding ortho intramolecular Hbond substituents is 1. The SMILES string of the molecule is CS(C)(c1ccc(O)cc1)c1cccc2ccccc12. The second kappa shape index (κ2) is 4.88. The summed E-state index contributed by atoms with van der Waals surface area (Å²) >= 11 is 0. The highest BCUT2D eigenvalue weighted by atomic mass is 32.3. The molecule has 0 fully saturated rings. The molecule has 2 heteroatoms. The quantitative estimate of drug-likeness (QED) is 0.699. The fourth-order valence-corrected chi connectivity index (χ4v) is 4.78. The molecular weight excluding hydrogens is 264 g/mol. The third kappa shape index (κ3) is 2.16. The smallest absolute Gasteiger partial charge is 0.115 e. The lowest BCUT2D eigenvalue weighted by molar-refractivity contribution is 0.475. The number of aromatic hydroxyl groups is 1. The molecule has 1 nitrogen and oxygen atoms in total. The van der Waals surface area contributed by atoms with Crippen molar-refractivity contribution in [3.63, 3.8) is 0 Å². The molecule has 3 rings (SSSR count). The van der Waals surface area contributed by atoms with E-state index in [2.05, 4.69) is 55.0 Å². The van der Waals surface area contributed by atoms with Gasteiger partial charge >= 0.3 is 0 Å². The predicted octanol–water partition coefficient (Wildman–Crippen LogP) is 5.03. The lowest BCUT2D eigenvalue weighted by atomic mass is 10.1. The van der Waals surface area contributed by atoms with Crippen LogP contribution in [-0.2, 0) is 0 Å². The van der Waals surface area contributed by atoms with Crippen LogP contribution in [0.1, 0.15) is 0 Å². The van der Waals surface area contributed by atoms with Gasteiger partial charge in [0.2, 0.25) is 0 Å². The number of hydrogen-bond acceptors (Lipinski definition) is 1. The van der Waals surface area contributed by atoms with Crippen LogP contribution in [0.15, 0.2) is 76.5 Å². The average Bonchev–Trinajstić information content (AvgIpc) is 2.47. The van der Waals surface area contributed by atoms with Gasteiger partial charge in [-0.15, -0.1) is 0 Å². The summed E-state index contributed by atoms with van der Waals surface area (Å²) in [5.41, 5.74) is 0. The van der Waals surface area contributed by atoms with Gasteiger partial charge in [-0.3, -0.25) is 0 Å². The third-order valence-corrected chi connectivity index (χ3v) is 6.63. The molecular formula is C18H18OS. The van der Waals surface area contributed by atoms with E-state index in [0.29, 0.717) is 5.75 Å². The first-order chi connectivity index (χ1) is 9.59. The Kier molecular flexibility index (Phi) is 3.19. The van der Waals surface area contributed by atoms with Crippen molar-refractivity contribution in [3.8, 4) is 5.75 Å². The molecule has 0 heterocycles. The van der Waals surface area contributed by atoms with Crippen LogP contribution in [0.2, 0.25) is 0 Å². The summed E-state index contributed by atoms with van der Waals surface area (Å²) in [7, 11) is -1.09. The summed E-state index contributed by atoms with van der Waals surface area (Å²) in [4.78, 5) is 2.67. The normalized spacial score (nSPS) is 12.5. The predicted molar refractivity (Wildman–Crippen MR) is 88.0 cm³/mol. The molecule has 0 unspecified atom stereocenters. The highest BCUT2D eigenvalue weighted by molar-refractivity contribution is 8.32. The Hall–Kier alpha value is -1.93. The van der Waals surface area contributed by atoms with Crippen LogP contribution in [0.25, 0.3) is 10.8 Å². The maximum absolute atomic E-state index is 9.47. The van der Waals surface area contributed by atoms with Crippen LogP contribution in [0.3, 0.4) is 0 Å². The molecule has 0 aliphatic heterocycles. The first kappa shape index (κ1) is 13.1. The zero-order valence-corrected chi connectivity index (χ0v) is 12.5. The number of phenols is 1. The summed E-state index contributed by atoms with van der Waals surface area (Å²) in [6, 6.07) is 22.7. The van der Waals surface area contributed by atoms with Gasteiger partial charge in [0.15, 0.2) is 0 Å². The second-order valence-corrected chi connectivity index (χ2v) is 8.86. The van der Waals surface area contributed by atoms with Crippen LogP contribution in [0.5, 0.6) is 5.75 Å². The summed E-state index contributed by atoms with van der Waals surface area (Å²) in [5, 5.41) is 12.1. The van der Waals surface area contributed by atoms with Gasteiger partial charge in [-0.05, 0) is 58.5 Å². The van der Waals surface area contributed by atoms with Crippen molar-refractivity contribution < 1.29 is 5.11 Å². The molecule has 3 aromatic carbocycles. The van der Waals surface area contributed by atoms with E-state index in [9.17, 15) is 5.11 Å². The fourth-order valence-electron chi connectivity index (χ4n) is 2.55. The van der Waals surface area contributed by atoms with E-state index in [4.69, 9.17) is 0 Å². The van der Waals surface area contributed by atoms with Crippen LogP contribution in [0, 0.1) is 0 Å². The minimum Gasteiger partial charge on any atom is -0.508 e. The average molecular weight is 282 g/mol. The molecule has 1 N–H and O–H groups in total. The van der Waals surface area contributed by atoms with Crippen molar-refractivity contribution in [1.29, 1.82) is 0 Å². The van der Waals surface area contributed by atoms with Gasteiger partial charge in [0.05, 0.1) is 0 Å². The van der Waals surface area contributed by atoms with Crippen molar-refractivity contribution >= 4 is 20.8 Å². The van der Waals surface area contributed by atoms with Crippen LogP contribution in [-0.4, -0.2) is 17.6 Å². The Morgan fingerprint density at radius 3 is 2.15 bits per heavy atom. The van der Waals surface area contributed by atoms with Gasteiger partial charge in [0, 0.05) is 4.90 Å². The number of fused-ring (bicyclic) bond motifs is 1. The molecule has 0 bridgehead atoms. The van der Waals surface area contributed by atoms with Crippen LogP contribution >= 0.6 is 10.0 Å². The molecule has 3 aromatic rings. The molecule has 0 amide bonds. The second-order valence-electron chi connectivity index (χ2n) is 5.30. The third-order valence-electron chi connectivity index (χ3n) is 3.73. The Morgan fingerprint density at radius 1 is 0.750 bits per heavy atom. The minimum absolute atomic E-state index is 0.321. The highest BCUT2D eigenvalue weighted by Gasteiger charge is 2.19. The maximum Gasteiger partial charge on any atom is 0.115 e. The number of rotatable bonds is 2. The van der Waals surface area contributed by atoms with Crippen molar-refractivity contribution in [2.75, 3.05) is 12.5 Å². The Labute approximate surface area is 121 Å². The van der Waals surface area contributed by atoms with Gasteiger partial charge in [-0.1, -0.05) is 36.4 Å². The van der Waals surface area contributed by atoms with Gasteiger partial charge in [-0.25, -0.2) is 0 Å². The van der Waals surface area contributed by atoms with E-state index in [1.165, 1.54) is 20.6 Å². The topological polar surface area (TPSA) is 20.2 Å². The summed E-state index contributed by atoms with van der Waals surface area (Å²) in [5.74, 6) is 0.321. The van der Waals surface area contributed by atoms with E-state index >= 15 is 0 Å². The summed E-state index contributed by atoms with van der Waals surface area (Å²) in [6.45, 7) is 0. The molecule has 20 heavy (non-hydrogen) atoms. The zero-order chi connectivity index (χ0) is 14.2. The van der Waals surface area contributed by atoms with Crippen molar-refractivity contribution in [2.24, 2.45) is 0 Å². The lowest BCUT2D eigenvalue weighted by Gasteiger charge is -2.33. The summed E-state index contributed by atoms with van der Waals surface area (Å²) in [6.07, 6.45) is 4.61. The Bertz CT molecular complexity index is 739. The Morgan fingerprint density at radius 2 is 1.40 bits per heavy atom.